The summed E-state index contributed by atoms with van der Waals surface area (Å²) in [5, 5.41) is 0. The van der Waals surface area contributed by atoms with Crippen molar-refractivity contribution in [2.45, 2.75) is 11.3 Å². The molecule has 0 bridgehead atoms. The van der Waals surface area contributed by atoms with Crippen LogP contribution in [-0.4, -0.2) is 33.2 Å². The van der Waals surface area contributed by atoms with Crippen LogP contribution in [0.1, 0.15) is 6.42 Å². The monoisotopic (exact) mass is 320 g/mol. The molecule has 1 saturated heterocycles. The average molecular weight is 321 g/mol. The Labute approximate surface area is 109 Å². The molecule has 1 aromatic rings. The molecule has 0 spiro atoms. The summed E-state index contributed by atoms with van der Waals surface area (Å²) in [6.07, 6.45) is 3.78. The van der Waals surface area contributed by atoms with Crippen molar-refractivity contribution in [1.82, 2.24) is 9.71 Å². The van der Waals surface area contributed by atoms with Gasteiger partial charge in [0, 0.05) is 30.0 Å². The van der Waals surface area contributed by atoms with Gasteiger partial charge in [-0.25, -0.2) is 13.1 Å². The molecule has 1 aliphatic heterocycles. The lowest BCUT2D eigenvalue weighted by molar-refractivity contribution is 0.186. The minimum absolute atomic E-state index is 0.172. The SMILES string of the molecule is O=S(=O)(NCC1CCOC1)c1cncc(Br)c1. The molecule has 0 saturated carbocycles. The minimum Gasteiger partial charge on any atom is -0.381 e. The number of pyridine rings is 1. The Morgan fingerprint density at radius 3 is 3.00 bits per heavy atom. The van der Waals surface area contributed by atoms with E-state index in [0.717, 1.165) is 6.42 Å². The van der Waals surface area contributed by atoms with Crippen LogP contribution < -0.4 is 4.72 Å². The molecule has 17 heavy (non-hydrogen) atoms. The molecule has 1 unspecified atom stereocenters. The zero-order valence-electron chi connectivity index (χ0n) is 9.10. The van der Waals surface area contributed by atoms with Gasteiger partial charge in [-0.2, -0.15) is 0 Å². The van der Waals surface area contributed by atoms with Crippen molar-refractivity contribution in [3.8, 4) is 0 Å². The summed E-state index contributed by atoms with van der Waals surface area (Å²) < 4.78 is 32.3. The zero-order chi connectivity index (χ0) is 12.3. The molecule has 94 valence electrons. The third-order valence-corrected chi connectivity index (χ3v) is 4.40. The van der Waals surface area contributed by atoms with Crippen LogP contribution in [-0.2, 0) is 14.8 Å². The minimum atomic E-state index is -3.47. The van der Waals surface area contributed by atoms with Crippen LogP contribution >= 0.6 is 15.9 Å². The first-order valence-corrected chi connectivity index (χ1v) is 7.53. The number of hydrogen-bond acceptors (Lipinski definition) is 4. The van der Waals surface area contributed by atoms with Crippen LogP contribution in [0.2, 0.25) is 0 Å². The molecule has 7 heteroatoms. The van der Waals surface area contributed by atoms with Crippen LogP contribution in [0.4, 0.5) is 0 Å². The molecule has 1 aromatic heterocycles. The lowest BCUT2D eigenvalue weighted by atomic mass is 10.1. The fourth-order valence-corrected chi connectivity index (χ4v) is 3.21. The summed E-state index contributed by atoms with van der Waals surface area (Å²) in [6.45, 7) is 1.75. The Morgan fingerprint density at radius 2 is 2.35 bits per heavy atom. The number of rotatable bonds is 4. The molecule has 0 aromatic carbocycles. The molecular weight excluding hydrogens is 308 g/mol. The van der Waals surface area contributed by atoms with E-state index in [1.54, 1.807) is 6.20 Å². The molecule has 0 amide bonds. The summed E-state index contributed by atoms with van der Waals surface area (Å²) in [5.41, 5.74) is 0. The fourth-order valence-electron chi connectivity index (χ4n) is 1.59. The maximum absolute atomic E-state index is 11.9. The Kier molecular flexibility index (Phi) is 4.13. The van der Waals surface area contributed by atoms with Gasteiger partial charge >= 0.3 is 0 Å². The van der Waals surface area contributed by atoms with Crippen LogP contribution in [0.3, 0.4) is 0 Å². The van der Waals surface area contributed by atoms with E-state index in [2.05, 4.69) is 25.6 Å². The summed E-state index contributed by atoms with van der Waals surface area (Å²) >= 11 is 3.20. The second-order valence-corrected chi connectivity index (χ2v) is 6.60. The van der Waals surface area contributed by atoms with Gasteiger partial charge in [-0.15, -0.1) is 0 Å². The quantitative estimate of drug-likeness (QED) is 0.904. The highest BCUT2D eigenvalue weighted by molar-refractivity contribution is 9.10. The van der Waals surface area contributed by atoms with E-state index in [9.17, 15) is 8.42 Å². The number of aromatic nitrogens is 1. The highest BCUT2D eigenvalue weighted by atomic mass is 79.9. The van der Waals surface area contributed by atoms with E-state index in [1.165, 1.54) is 12.3 Å². The van der Waals surface area contributed by atoms with Crippen LogP contribution in [0.25, 0.3) is 0 Å². The van der Waals surface area contributed by atoms with Gasteiger partial charge < -0.3 is 4.74 Å². The van der Waals surface area contributed by atoms with E-state index in [0.29, 0.717) is 24.2 Å². The molecule has 5 nitrogen and oxygen atoms in total. The summed E-state index contributed by atoms with van der Waals surface area (Å²) in [7, 11) is -3.47. The molecule has 2 heterocycles. The van der Waals surface area contributed by atoms with E-state index in [4.69, 9.17) is 4.74 Å². The Morgan fingerprint density at radius 1 is 1.53 bits per heavy atom. The van der Waals surface area contributed by atoms with Crippen molar-refractivity contribution in [1.29, 1.82) is 0 Å². The Balaban J connectivity index is 2.03. The smallest absolute Gasteiger partial charge is 0.242 e. The predicted molar refractivity (Wildman–Crippen MR) is 66.1 cm³/mol. The van der Waals surface area contributed by atoms with Crippen molar-refractivity contribution >= 4 is 26.0 Å². The number of halogens is 1. The van der Waals surface area contributed by atoms with Crippen LogP contribution in [0, 0.1) is 5.92 Å². The maximum atomic E-state index is 11.9. The number of hydrogen-bond donors (Lipinski definition) is 1. The summed E-state index contributed by atoms with van der Waals surface area (Å²) in [6, 6.07) is 1.53. The van der Waals surface area contributed by atoms with Crippen molar-refractivity contribution in [2.75, 3.05) is 19.8 Å². The standard InChI is InChI=1S/C10H13BrN2O3S/c11-9-3-10(6-12-5-9)17(14,15)13-4-8-1-2-16-7-8/h3,5-6,8,13H,1-2,4,7H2. The van der Waals surface area contributed by atoms with E-state index in [-0.39, 0.29) is 10.8 Å². The first-order chi connectivity index (χ1) is 8.08. The molecule has 2 rings (SSSR count). The zero-order valence-corrected chi connectivity index (χ0v) is 11.5. The van der Waals surface area contributed by atoms with Gasteiger partial charge in [-0.1, -0.05) is 0 Å². The lowest BCUT2D eigenvalue weighted by Gasteiger charge is -2.10. The lowest BCUT2D eigenvalue weighted by Crippen LogP contribution is -2.29. The number of sulfonamides is 1. The second kappa shape index (κ2) is 5.43. The maximum Gasteiger partial charge on any atom is 0.242 e. The molecule has 1 fully saturated rings. The van der Waals surface area contributed by atoms with Crippen molar-refractivity contribution in [3.63, 3.8) is 0 Å². The molecule has 0 aliphatic carbocycles. The number of nitrogens with one attached hydrogen (secondary N) is 1. The van der Waals surface area contributed by atoms with Gasteiger partial charge in [-0.3, -0.25) is 4.98 Å². The highest BCUT2D eigenvalue weighted by Crippen LogP contribution is 2.15. The average Bonchev–Trinajstić information content (AvgIpc) is 2.79. The Hall–Kier alpha value is -0.500. The van der Waals surface area contributed by atoms with Crippen molar-refractivity contribution in [3.05, 3.63) is 22.9 Å². The molecule has 1 aliphatic rings. The molecule has 1 atom stereocenters. The Bertz CT molecular complexity index is 486. The van der Waals surface area contributed by atoms with E-state index < -0.39 is 10.0 Å². The summed E-state index contributed by atoms with van der Waals surface area (Å²) in [4.78, 5) is 4.01. The normalized spacial score (nSPS) is 20.6. The largest absolute Gasteiger partial charge is 0.381 e. The second-order valence-electron chi connectivity index (χ2n) is 3.92. The van der Waals surface area contributed by atoms with E-state index >= 15 is 0 Å². The van der Waals surface area contributed by atoms with Crippen LogP contribution in [0.5, 0.6) is 0 Å². The van der Waals surface area contributed by atoms with Crippen molar-refractivity contribution < 1.29 is 13.2 Å². The van der Waals surface area contributed by atoms with Gasteiger partial charge in [-0.05, 0) is 34.3 Å². The molecule has 1 N–H and O–H groups in total. The van der Waals surface area contributed by atoms with Gasteiger partial charge in [0.25, 0.3) is 0 Å². The summed E-state index contributed by atoms with van der Waals surface area (Å²) in [5.74, 6) is 0.268. The van der Waals surface area contributed by atoms with Gasteiger partial charge in [0.1, 0.15) is 4.90 Å². The topological polar surface area (TPSA) is 68.3 Å². The number of nitrogens with zero attached hydrogens (tertiary/aromatic N) is 1. The molecular formula is C10H13BrN2O3S. The van der Waals surface area contributed by atoms with Gasteiger partial charge in [0.2, 0.25) is 10.0 Å². The third-order valence-electron chi connectivity index (χ3n) is 2.58. The highest BCUT2D eigenvalue weighted by Gasteiger charge is 2.20. The first-order valence-electron chi connectivity index (χ1n) is 5.26. The fraction of sp³-hybridized carbons (Fsp3) is 0.500. The number of ether oxygens (including phenoxy) is 1. The van der Waals surface area contributed by atoms with Gasteiger partial charge in [0.15, 0.2) is 0 Å². The third kappa shape index (κ3) is 3.48. The molecule has 0 radical (unpaired) electrons. The van der Waals surface area contributed by atoms with Crippen molar-refractivity contribution in [2.24, 2.45) is 5.92 Å². The predicted octanol–water partition coefficient (Wildman–Crippen LogP) is 1.16. The van der Waals surface area contributed by atoms with E-state index in [1.807, 2.05) is 0 Å². The first kappa shape index (κ1) is 12.9. The van der Waals surface area contributed by atoms with Gasteiger partial charge in [0.05, 0.1) is 6.61 Å². The van der Waals surface area contributed by atoms with Crippen LogP contribution in [0.15, 0.2) is 27.8 Å².